The van der Waals surface area contributed by atoms with Crippen LogP contribution >= 0.6 is 0 Å². The van der Waals surface area contributed by atoms with Gasteiger partial charge >= 0.3 is 5.97 Å². The molecule has 86 valence electrons. The normalized spacial score (nSPS) is 27.7. The van der Waals surface area contributed by atoms with Gasteiger partial charge in [-0.2, -0.15) is 0 Å². The molecule has 2 unspecified atom stereocenters. The van der Waals surface area contributed by atoms with Crippen molar-refractivity contribution in [3.63, 3.8) is 0 Å². The van der Waals surface area contributed by atoms with Crippen molar-refractivity contribution in [2.45, 2.75) is 25.3 Å². The second-order valence-corrected chi connectivity index (χ2v) is 4.57. The maximum Gasteiger partial charge on any atom is 0.310 e. The first-order valence-corrected chi connectivity index (χ1v) is 5.83. The van der Waals surface area contributed by atoms with Crippen LogP contribution in [-0.4, -0.2) is 38.8 Å². The summed E-state index contributed by atoms with van der Waals surface area (Å²) in [6.45, 7) is 2.76. The van der Waals surface area contributed by atoms with E-state index >= 15 is 0 Å². The van der Waals surface area contributed by atoms with Crippen molar-refractivity contribution in [2.24, 2.45) is 11.8 Å². The summed E-state index contributed by atoms with van der Waals surface area (Å²) in [5.74, 6) is 0.422. The molecule has 0 radical (unpaired) electrons. The largest absolute Gasteiger partial charge is 0.469 e. The summed E-state index contributed by atoms with van der Waals surface area (Å²) in [7, 11) is 1.48. The van der Waals surface area contributed by atoms with Crippen LogP contribution in [0.3, 0.4) is 0 Å². The first-order valence-electron chi connectivity index (χ1n) is 5.83. The molecule has 2 atom stereocenters. The van der Waals surface area contributed by atoms with Crippen LogP contribution in [0, 0.1) is 11.8 Å². The van der Waals surface area contributed by atoms with Gasteiger partial charge in [0.25, 0.3) is 0 Å². The minimum absolute atomic E-state index is 0.0330. The molecule has 2 N–H and O–H groups in total. The summed E-state index contributed by atoms with van der Waals surface area (Å²) < 4.78 is 4.87. The molecular formula is C11H20N2O2. The van der Waals surface area contributed by atoms with E-state index in [1.807, 2.05) is 0 Å². The van der Waals surface area contributed by atoms with E-state index in [0.717, 1.165) is 26.1 Å². The highest BCUT2D eigenvalue weighted by atomic mass is 16.5. The van der Waals surface area contributed by atoms with Gasteiger partial charge < -0.3 is 15.4 Å². The Morgan fingerprint density at radius 3 is 2.87 bits per heavy atom. The maximum absolute atomic E-state index is 11.6. The van der Waals surface area contributed by atoms with Crippen LogP contribution in [0.25, 0.3) is 0 Å². The van der Waals surface area contributed by atoms with E-state index in [9.17, 15) is 4.79 Å². The second-order valence-electron chi connectivity index (χ2n) is 4.57. The van der Waals surface area contributed by atoms with E-state index < -0.39 is 0 Å². The van der Waals surface area contributed by atoms with Crippen molar-refractivity contribution < 1.29 is 9.53 Å². The van der Waals surface area contributed by atoms with Crippen molar-refractivity contribution >= 4 is 5.97 Å². The van der Waals surface area contributed by atoms with Gasteiger partial charge in [-0.1, -0.05) is 0 Å². The lowest BCUT2D eigenvalue weighted by atomic mass is 9.91. The fourth-order valence-corrected chi connectivity index (χ4v) is 2.20. The summed E-state index contributed by atoms with van der Waals surface area (Å²) >= 11 is 0. The van der Waals surface area contributed by atoms with Gasteiger partial charge in [-0.15, -0.1) is 0 Å². The molecule has 1 heterocycles. The number of methoxy groups -OCH3 is 1. The molecule has 2 aliphatic rings. The van der Waals surface area contributed by atoms with Gasteiger partial charge in [-0.3, -0.25) is 4.79 Å². The zero-order valence-electron chi connectivity index (χ0n) is 9.29. The SMILES string of the molecule is COC(=O)C(CNC1CC1)C1CCNC1. The summed E-state index contributed by atoms with van der Waals surface area (Å²) in [6, 6.07) is 0.659. The number of esters is 1. The topological polar surface area (TPSA) is 50.4 Å². The molecule has 1 saturated carbocycles. The third kappa shape index (κ3) is 2.92. The Morgan fingerprint density at radius 1 is 1.53 bits per heavy atom. The van der Waals surface area contributed by atoms with Gasteiger partial charge in [-0.25, -0.2) is 0 Å². The van der Waals surface area contributed by atoms with Crippen molar-refractivity contribution in [3.8, 4) is 0 Å². The number of hydrogen-bond acceptors (Lipinski definition) is 4. The fourth-order valence-electron chi connectivity index (χ4n) is 2.20. The van der Waals surface area contributed by atoms with Crippen LogP contribution in [0.15, 0.2) is 0 Å². The number of rotatable bonds is 5. The molecule has 0 aromatic heterocycles. The average molecular weight is 212 g/mol. The van der Waals surface area contributed by atoms with Gasteiger partial charge in [0.2, 0.25) is 0 Å². The second kappa shape index (κ2) is 4.94. The molecule has 1 saturated heterocycles. The van der Waals surface area contributed by atoms with Crippen LogP contribution in [0.4, 0.5) is 0 Å². The predicted molar refractivity (Wildman–Crippen MR) is 57.5 cm³/mol. The molecule has 0 bridgehead atoms. The van der Waals surface area contributed by atoms with Crippen molar-refractivity contribution in [3.05, 3.63) is 0 Å². The Bertz CT molecular complexity index is 223. The zero-order chi connectivity index (χ0) is 10.7. The highest BCUT2D eigenvalue weighted by molar-refractivity contribution is 5.73. The summed E-state index contributed by atoms with van der Waals surface area (Å²) in [5, 5.41) is 6.72. The van der Waals surface area contributed by atoms with E-state index in [-0.39, 0.29) is 11.9 Å². The van der Waals surface area contributed by atoms with E-state index in [0.29, 0.717) is 12.0 Å². The van der Waals surface area contributed by atoms with E-state index in [4.69, 9.17) is 4.74 Å². The minimum Gasteiger partial charge on any atom is -0.469 e. The molecule has 15 heavy (non-hydrogen) atoms. The van der Waals surface area contributed by atoms with Gasteiger partial charge in [-0.05, 0) is 38.3 Å². The smallest absolute Gasteiger partial charge is 0.310 e. The van der Waals surface area contributed by atoms with Gasteiger partial charge in [0.1, 0.15) is 0 Å². The lowest BCUT2D eigenvalue weighted by molar-refractivity contribution is -0.147. The minimum atomic E-state index is -0.0585. The molecule has 0 aromatic carbocycles. The molecular weight excluding hydrogens is 192 g/mol. The molecule has 0 amide bonds. The fraction of sp³-hybridized carbons (Fsp3) is 0.909. The molecule has 4 nitrogen and oxygen atoms in total. The van der Waals surface area contributed by atoms with Gasteiger partial charge in [0.15, 0.2) is 0 Å². The Morgan fingerprint density at radius 2 is 2.33 bits per heavy atom. The Labute approximate surface area is 90.8 Å². The monoisotopic (exact) mass is 212 g/mol. The molecule has 0 aromatic rings. The Kier molecular flexibility index (Phi) is 3.59. The number of hydrogen-bond donors (Lipinski definition) is 2. The third-order valence-electron chi connectivity index (χ3n) is 3.38. The van der Waals surface area contributed by atoms with Crippen LogP contribution in [0.2, 0.25) is 0 Å². The van der Waals surface area contributed by atoms with Crippen LogP contribution in [0.1, 0.15) is 19.3 Å². The predicted octanol–water partition coefficient (Wildman–Crippen LogP) is 0.137. The number of ether oxygens (including phenoxy) is 1. The average Bonchev–Trinajstić information content (AvgIpc) is 2.92. The molecule has 1 aliphatic heterocycles. The van der Waals surface area contributed by atoms with Crippen LogP contribution < -0.4 is 10.6 Å². The number of carbonyl (C=O) groups is 1. The van der Waals surface area contributed by atoms with Crippen molar-refractivity contribution in [1.82, 2.24) is 10.6 Å². The molecule has 4 heteroatoms. The first kappa shape index (κ1) is 10.9. The number of nitrogens with one attached hydrogen (secondary N) is 2. The zero-order valence-corrected chi connectivity index (χ0v) is 9.29. The third-order valence-corrected chi connectivity index (χ3v) is 3.38. The quantitative estimate of drug-likeness (QED) is 0.636. The summed E-state index contributed by atoms with van der Waals surface area (Å²) in [6.07, 6.45) is 3.61. The van der Waals surface area contributed by atoms with Crippen LogP contribution in [0.5, 0.6) is 0 Å². The molecule has 2 rings (SSSR count). The van der Waals surface area contributed by atoms with E-state index in [1.54, 1.807) is 0 Å². The molecule has 0 spiro atoms. The number of carbonyl (C=O) groups excluding carboxylic acids is 1. The van der Waals surface area contributed by atoms with E-state index in [1.165, 1.54) is 20.0 Å². The van der Waals surface area contributed by atoms with Crippen molar-refractivity contribution in [1.29, 1.82) is 0 Å². The van der Waals surface area contributed by atoms with Gasteiger partial charge in [0.05, 0.1) is 13.0 Å². The highest BCUT2D eigenvalue weighted by Crippen LogP contribution is 2.23. The van der Waals surface area contributed by atoms with Crippen LogP contribution in [-0.2, 0) is 9.53 Å². The lowest BCUT2D eigenvalue weighted by Gasteiger charge is -2.20. The standard InChI is InChI=1S/C11H20N2O2/c1-15-11(14)10(7-13-9-2-3-9)8-4-5-12-6-8/h8-10,12-13H,2-7H2,1H3. The highest BCUT2D eigenvalue weighted by Gasteiger charge is 2.32. The lowest BCUT2D eigenvalue weighted by Crippen LogP contribution is -2.36. The summed E-state index contributed by atoms with van der Waals surface area (Å²) in [4.78, 5) is 11.6. The van der Waals surface area contributed by atoms with Crippen molar-refractivity contribution in [2.75, 3.05) is 26.7 Å². The Balaban J connectivity index is 1.84. The van der Waals surface area contributed by atoms with Gasteiger partial charge in [0, 0.05) is 12.6 Å². The Hall–Kier alpha value is -0.610. The molecule has 2 fully saturated rings. The summed E-state index contributed by atoms with van der Waals surface area (Å²) in [5.41, 5.74) is 0. The van der Waals surface area contributed by atoms with E-state index in [2.05, 4.69) is 10.6 Å². The first-order chi connectivity index (χ1) is 7.31. The molecule has 1 aliphatic carbocycles. The maximum atomic E-state index is 11.6.